The lowest BCUT2D eigenvalue weighted by Gasteiger charge is -2.04. The third kappa shape index (κ3) is 3.29. The molecule has 2 rings (SSSR count). The quantitative estimate of drug-likeness (QED) is 0.684. The van der Waals surface area contributed by atoms with E-state index in [-0.39, 0.29) is 27.0 Å². The van der Waals surface area contributed by atoms with Crippen LogP contribution in [0.1, 0.15) is 10.4 Å². The predicted octanol–water partition coefficient (Wildman–Crippen LogP) is 3.08. The fraction of sp³-hybridized carbons (Fsp3) is 0. The van der Waals surface area contributed by atoms with Crippen LogP contribution in [-0.2, 0) is 0 Å². The van der Waals surface area contributed by atoms with Gasteiger partial charge in [0.25, 0.3) is 5.91 Å². The van der Waals surface area contributed by atoms with Crippen LogP contribution in [0.3, 0.4) is 0 Å². The first-order chi connectivity index (χ1) is 8.54. The molecular formula is C10H5Cl3N4O. The summed E-state index contributed by atoms with van der Waals surface area (Å²) in [5, 5.41) is 2.84. The van der Waals surface area contributed by atoms with Gasteiger partial charge in [0.2, 0.25) is 5.28 Å². The number of halogens is 3. The molecule has 2 aromatic heterocycles. The lowest BCUT2D eigenvalue weighted by atomic mass is 10.2. The van der Waals surface area contributed by atoms with Crippen molar-refractivity contribution in [3.05, 3.63) is 45.5 Å². The summed E-state index contributed by atoms with van der Waals surface area (Å²) in [6, 6.07) is 4.30. The second kappa shape index (κ2) is 5.48. The lowest BCUT2D eigenvalue weighted by molar-refractivity contribution is 0.102. The van der Waals surface area contributed by atoms with E-state index in [9.17, 15) is 4.79 Å². The van der Waals surface area contributed by atoms with E-state index in [1.165, 1.54) is 24.4 Å². The Morgan fingerprint density at radius 3 is 2.39 bits per heavy atom. The van der Waals surface area contributed by atoms with Gasteiger partial charge in [-0.05, 0) is 29.8 Å². The van der Waals surface area contributed by atoms with E-state index in [2.05, 4.69) is 20.3 Å². The summed E-state index contributed by atoms with van der Waals surface area (Å²) in [6.07, 6.45) is 1.43. The molecule has 1 amide bonds. The minimum atomic E-state index is -0.420. The molecule has 8 heteroatoms. The van der Waals surface area contributed by atoms with Gasteiger partial charge in [0.1, 0.15) is 16.1 Å². The SMILES string of the molecule is O=C(Nc1ccnc(Cl)n1)c1cc(Cl)nc(Cl)c1. The summed E-state index contributed by atoms with van der Waals surface area (Å²) >= 11 is 17.0. The predicted molar refractivity (Wildman–Crippen MR) is 69.3 cm³/mol. The smallest absolute Gasteiger partial charge is 0.257 e. The largest absolute Gasteiger partial charge is 0.306 e. The molecule has 0 saturated carbocycles. The van der Waals surface area contributed by atoms with Crippen molar-refractivity contribution >= 4 is 46.5 Å². The normalized spacial score (nSPS) is 10.2. The van der Waals surface area contributed by atoms with E-state index in [1.807, 2.05) is 0 Å². The zero-order valence-corrected chi connectivity index (χ0v) is 11.0. The molecule has 0 aromatic carbocycles. The van der Waals surface area contributed by atoms with Crippen molar-refractivity contribution in [1.29, 1.82) is 0 Å². The maximum Gasteiger partial charge on any atom is 0.257 e. The molecule has 0 aliphatic carbocycles. The highest BCUT2D eigenvalue weighted by molar-refractivity contribution is 6.33. The molecule has 0 saturated heterocycles. The molecule has 0 fully saturated rings. The third-order valence-corrected chi connectivity index (χ3v) is 2.46. The Kier molecular flexibility index (Phi) is 3.96. The van der Waals surface area contributed by atoms with Crippen molar-refractivity contribution in [2.24, 2.45) is 0 Å². The average Bonchev–Trinajstić information content (AvgIpc) is 2.27. The first-order valence-electron chi connectivity index (χ1n) is 4.67. The number of amides is 1. The van der Waals surface area contributed by atoms with Crippen LogP contribution >= 0.6 is 34.8 Å². The monoisotopic (exact) mass is 302 g/mol. The molecule has 0 radical (unpaired) electrons. The van der Waals surface area contributed by atoms with Crippen LogP contribution in [0.15, 0.2) is 24.4 Å². The Balaban J connectivity index is 2.22. The van der Waals surface area contributed by atoms with Gasteiger partial charge in [-0.1, -0.05) is 23.2 Å². The minimum Gasteiger partial charge on any atom is -0.306 e. The number of pyridine rings is 1. The van der Waals surface area contributed by atoms with Gasteiger partial charge in [-0.25, -0.2) is 15.0 Å². The number of aromatic nitrogens is 3. The van der Waals surface area contributed by atoms with Gasteiger partial charge >= 0.3 is 0 Å². The first-order valence-corrected chi connectivity index (χ1v) is 5.81. The number of hydrogen-bond acceptors (Lipinski definition) is 4. The second-order valence-corrected chi connectivity index (χ2v) is 4.28. The van der Waals surface area contributed by atoms with Crippen molar-refractivity contribution in [3.8, 4) is 0 Å². The highest BCUT2D eigenvalue weighted by Gasteiger charge is 2.10. The van der Waals surface area contributed by atoms with Crippen molar-refractivity contribution < 1.29 is 4.79 Å². The van der Waals surface area contributed by atoms with Gasteiger partial charge < -0.3 is 5.32 Å². The van der Waals surface area contributed by atoms with Crippen LogP contribution in [0, 0.1) is 0 Å². The number of anilines is 1. The number of carbonyl (C=O) groups excluding carboxylic acids is 1. The summed E-state index contributed by atoms with van der Waals surface area (Å²) in [5.74, 6) is -0.139. The molecule has 2 aromatic rings. The van der Waals surface area contributed by atoms with Crippen LogP contribution in [0.25, 0.3) is 0 Å². The van der Waals surface area contributed by atoms with E-state index in [0.29, 0.717) is 0 Å². The Bertz CT molecular complexity index is 585. The molecule has 18 heavy (non-hydrogen) atoms. The molecule has 0 aliphatic rings. The number of nitrogens with one attached hydrogen (secondary N) is 1. The van der Waals surface area contributed by atoms with Crippen LogP contribution in [0.5, 0.6) is 0 Å². The number of rotatable bonds is 2. The number of nitrogens with zero attached hydrogens (tertiary/aromatic N) is 3. The maximum atomic E-state index is 11.9. The van der Waals surface area contributed by atoms with Crippen LogP contribution in [0.4, 0.5) is 5.82 Å². The fourth-order valence-electron chi connectivity index (χ4n) is 1.19. The summed E-state index contributed by atoms with van der Waals surface area (Å²) in [5.41, 5.74) is 0.273. The molecular weight excluding hydrogens is 298 g/mol. The van der Waals surface area contributed by atoms with Crippen LogP contribution in [-0.4, -0.2) is 20.9 Å². The summed E-state index contributed by atoms with van der Waals surface area (Å²) in [7, 11) is 0. The van der Waals surface area contributed by atoms with E-state index in [1.54, 1.807) is 0 Å². The summed E-state index contributed by atoms with van der Waals surface area (Å²) in [4.78, 5) is 23.1. The summed E-state index contributed by atoms with van der Waals surface area (Å²) in [6.45, 7) is 0. The zero-order chi connectivity index (χ0) is 13.1. The minimum absolute atomic E-state index is 0.0404. The molecule has 0 bridgehead atoms. The van der Waals surface area contributed by atoms with Gasteiger partial charge in [-0.3, -0.25) is 4.79 Å². The fourth-order valence-corrected chi connectivity index (χ4v) is 1.80. The third-order valence-electron chi connectivity index (χ3n) is 1.89. The molecule has 5 nitrogen and oxygen atoms in total. The maximum absolute atomic E-state index is 11.9. The Hall–Kier alpha value is -1.43. The van der Waals surface area contributed by atoms with Crippen molar-refractivity contribution in [2.75, 3.05) is 5.32 Å². The Morgan fingerprint density at radius 2 is 1.78 bits per heavy atom. The van der Waals surface area contributed by atoms with Crippen LogP contribution < -0.4 is 5.32 Å². The van der Waals surface area contributed by atoms with Gasteiger partial charge in [-0.15, -0.1) is 0 Å². The van der Waals surface area contributed by atoms with Gasteiger partial charge in [0, 0.05) is 11.8 Å². The van der Waals surface area contributed by atoms with Crippen molar-refractivity contribution in [2.45, 2.75) is 0 Å². The van der Waals surface area contributed by atoms with Gasteiger partial charge in [-0.2, -0.15) is 0 Å². The van der Waals surface area contributed by atoms with Gasteiger partial charge in [0.05, 0.1) is 0 Å². The lowest BCUT2D eigenvalue weighted by Crippen LogP contribution is -2.13. The molecule has 0 unspecified atom stereocenters. The highest BCUT2D eigenvalue weighted by atomic mass is 35.5. The molecule has 1 N–H and O–H groups in total. The van der Waals surface area contributed by atoms with Crippen molar-refractivity contribution in [1.82, 2.24) is 15.0 Å². The summed E-state index contributed by atoms with van der Waals surface area (Å²) < 4.78 is 0. The zero-order valence-electron chi connectivity index (χ0n) is 8.69. The van der Waals surface area contributed by atoms with Gasteiger partial charge in [0.15, 0.2) is 0 Å². The topological polar surface area (TPSA) is 67.8 Å². The van der Waals surface area contributed by atoms with E-state index in [0.717, 1.165) is 0 Å². The highest BCUT2D eigenvalue weighted by Crippen LogP contribution is 2.16. The van der Waals surface area contributed by atoms with E-state index >= 15 is 0 Å². The standard InChI is InChI=1S/C10H5Cl3N4O/c11-6-3-5(4-7(12)15-6)9(18)16-8-1-2-14-10(13)17-8/h1-4H,(H,14,16,17,18). The molecule has 0 aliphatic heterocycles. The molecule has 92 valence electrons. The van der Waals surface area contributed by atoms with Crippen molar-refractivity contribution in [3.63, 3.8) is 0 Å². The van der Waals surface area contributed by atoms with E-state index < -0.39 is 5.91 Å². The number of carbonyl (C=O) groups is 1. The Labute approximate surface area is 117 Å². The second-order valence-electron chi connectivity index (χ2n) is 3.17. The molecule has 0 spiro atoms. The molecule has 2 heterocycles. The van der Waals surface area contributed by atoms with E-state index in [4.69, 9.17) is 34.8 Å². The average molecular weight is 304 g/mol. The number of hydrogen-bond donors (Lipinski definition) is 1. The van der Waals surface area contributed by atoms with Crippen LogP contribution in [0.2, 0.25) is 15.6 Å². The Morgan fingerprint density at radius 1 is 1.11 bits per heavy atom. The molecule has 0 atom stereocenters. The first kappa shape index (κ1) is 13.0.